The fourth-order valence-electron chi connectivity index (χ4n) is 2.15. The molecule has 0 saturated heterocycles. The van der Waals surface area contributed by atoms with Crippen LogP contribution in [0.15, 0.2) is 65.4 Å². The van der Waals surface area contributed by atoms with Gasteiger partial charge in [0.2, 0.25) is 0 Å². The molecule has 3 rings (SSSR count). The number of aromatic nitrogens is 2. The summed E-state index contributed by atoms with van der Waals surface area (Å²) < 4.78 is 2.95. The predicted molar refractivity (Wildman–Crippen MR) is 89.8 cm³/mol. The Hall–Kier alpha value is -2.07. The molecule has 1 heterocycles. The van der Waals surface area contributed by atoms with E-state index in [1.54, 1.807) is 6.20 Å². The molecule has 21 heavy (non-hydrogen) atoms. The second-order valence-corrected chi connectivity index (χ2v) is 5.81. The van der Waals surface area contributed by atoms with Crippen LogP contribution in [0.5, 0.6) is 0 Å². The van der Waals surface area contributed by atoms with Crippen LogP contribution < -0.4 is 5.32 Å². The van der Waals surface area contributed by atoms with Gasteiger partial charge in [0.25, 0.3) is 0 Å². The van der Waals surface area contributed by atoms with Crippen molar-refractivity contribution in [3.8, 4) is 5.69 Å². The lowest BCUT2D eigenvalue weighted by atomic mass is 10.2. The van der Waals surface area contributed by atoms with Crippen molar-refractivity contribution in [2.24, 2.45) is 0 Å². The first-order valence-electron chi connectivity index (χ1n) is 6.81. The van der Waals surface area contributed by atoms with Gasteiger partial charge in [-0.3, -0.25) is 0 Å². The second kappa shape index (κ2) is 6.14. The lowest BCUT2D eigenvalue weighted by Gasteiger charge is -2.10. The van der Waals surface area contributed by atoms with Crippen LogP contribution in [-0.2, 0) is 6.54 Å². The van der Waals surface area contributed by atoms with E-state index in [4.69, 9.17) is 0 Å². The van der Waals surface area contributed by atoms with E-state index in [1.807, 2.05) is 16.9 Å². The first-order valence-corrected chi connectivity index (χ1v) is 7.61. The first kappa shape index (κ1) is 13.9. The maximum Gasteiger partial charge on any atom is 0.0645 e. The van der Waals surface area contributed by atoms with Gasteiger partial charge < -0.3 is 5.32 Å². The summed E-state index contributed by atoms with van der Waals surface area (Å²) in [6, 6.07) is 16.6. The van der Waals surface area contributed by atoms with E-state index in [2.05, 4.69) is 75.7 Å². The lowest BCUT2D eigenvalue weighted by Crippen LogP contribution is -2.01. The first-order chi connectivity index (χ1) is 10.2. The number of rotatable bonds is 4. The molecular weight excluding hydrogens is 326 g/mol. The van der Waals surface area contributed by atoms with Crippen LogP contribution in [0.4, 0.5) is 5.69 Å². The number of aryl methyl sites for hydroxylation is 1. The molecule has 106 valence electrons. The smallest absolute Gasteiger partial charge is 0.0645 e. The Morgan fingerprint density at radius 2 is 1.95 bits per heavy atom. The van der Waals surface area contributed by atoms with Gasteiger partial charge in [-0.1, -0.05) is 18.2 Å². The summed E-state index contributed by atoms with van der Waals surface area (Å²) in [6.45, 7) is 2.88. The lowest BCUT2D eigenvalue weighted by molar-refractivity contribution is 0.879. The molecule has 0 atom stereocenters. The molecule has 0 spiro atoms. The number of nitrogens with one attached hydrogen (secondary N) is 1. The highest BCUT2D eigenvalue weighted by atomic mass is 79.9. The van der Waals surface area contributed by atoms with Crippen LogP contribution in [0.1, 0.15) is 11.1 Å². The number of halogens is 1. The summed E-state index contributed by atoms with van der Waals surface area (Å²) >= 11 is 3.58. The van der Waals surface area contributed by atoms with Gasteiger partial charge in [-0.05, 0) is 64.3 Å². The van der Waals surface area contributed by atoms with Gasteiger partial charge in [0, 0.05) is 29.1 Å². The van der Waals surface area contributed by atoms with Crippen LogP contribution in [0.25, 0.3) is 5.69 Å². The Kier molecular flexibility index (Phi) is 4.06. The molecule has 0 unspecified atom stereocenters. The van der Waals surface area contributed by atoms with Crippen molar-refractivity contribution >= 4 is 21.6 Å². The molecule has 0 aliphatic rings. The van der Waals surface area contributed by atoms with Gasteiger partial charge in [0.15, 0.2) is 0 Å². The fourth-order valence-corrected chi connectivity index (χ4v) is 2.78. The third-order valence-electron chi connectivity index (χ3n) is 3.31. The molecule has 0 radical (unpaired) electrons. The Bertz CT molecular complexity index is 718. The largest absolute Gasteiger partial charge is 0.380 e. The van der Waals surface area contributed by atoms with Crippen molar-refractivity contribution in [1.82, 2.24) is 9.78 Å². The third-order valence-corrected chi connectivity index (χ3v) is 3.97. The van der Waals surface area contributed by atoms with E-state index >= 15 is 0 Å². The minimum absolute atomic E-state index is 0.793. The fraction of sp³-hybridized carbons (Fsp3) is 0.118. The quantitative estimate of drug-likeness (QED) is 0.754. The molecule has 0 saturated carbocycles. The van der Waals surface area contributed by atoms with Crippen molar-refractivity contribution in [2.75, 3.05) is 5.32 Å². The van der Waals surface area contributed by atoms with E-state index in [0.29, 0.717) is 0 Å². The van der Waals surface area contributed by atoms with E-state index in [1.165, 1.54) is 11.1 Å². The molecule has 0 amide bonds. The van der Waals surface area contributed by atoms with E-state index in [0.717, 1.165) is 22.4 Å². The van der Waals surface area contributed by atoms with Crippen LogP contribution in [-0.4, -0.2) is 9.78 Å². The Labute approximate surface area is 132 Å². The van der Waals surface area contributed by atoms with E-state index in [-0.39, 0.29) is 0 Å². The zero-order valence-corrected chi connectivity index (χ0v) is 13.3. The SMILES string of the molecule is Cc1ccc(NCc2ccc(-n3cccn3)cc2)c(Br)c1. The molecule has 0 fully saturated rings. The number of nitrogens with zero attached hydrogens (tertiary/aromatic N) is 2. The number of hydrogen-bond donors (Lipinski definition) is 1. The van der Waals surface area contributed by atoms with Crippen molar-refractivity contribution in [2.45, 2.75) is 13.5 Å². The zero-order chi connectivity index (χ0) is 14.7. The summed E-state index contributed by atoms with van der Waals surface area (Å²) in [5.41, 5.74) is 4.66. The predicted octanol–water partition coefficient (Wildman–Crippen LogP) is 4.56. The standard InChI is InChI=1S/C17H16BrN3/c1-13-3-8-17(16(18)11-13)19-12-14-4-6-15(7-5-14)21-10-2-9-20-21/h2-11,19H,12H2,1H3. The Balaban J connectivity index is 1.68. The molecule has 1 aromatic heterocycles. The third kappa shape index (κ3) is 3.34. The van der Waals surface area contributed by atoms with Crippen molar-refractivity contribution in [3.63, 3.8) is 0 Å². The van der Waals surface area contributed by atoms with Gasteiger partial charge in [-0.25, -0.2) is 4.68 Å². The van der Waals surface area contributed by atoms with Gasteiger partial charge in [-0.2, -0.15) is 5.10 Å². The topological polar surface area (TPSA) is 29.9 Å². The monoisotopic (exact) mass is 341 g/mol. The highest BCUT2D eigenvalue weighted by molar-refractivity contribution is 9.10. The molecule has 3 aromatic rings. The molecule has 3 nitrogen and oxygen atoms in total. The molecule has 4 heteroatoms. The van der Waals surface area contributed by atoms with Crippen molar-refractivity contribution in [1.29, 1.82) is 0 Å². The van der Waals surface area contributed by atoms with E-state index in [9.17, 15) is 0 Å². The zero-order valence-electron chi connectivity index (χ0n) is 11.8. The highest BCUT2D eigenvalue weighted by Crippen LogP contribution is 2.24. The van der Waals surface area contributed by atoms with Gasteiger partial charge in [-0.15, -0.1) is 0 Å². The van der Waals surface area contributed by atoms with Crippen LogP contribution in [0.2, 0.25) is 0 Å². The van der Waals surface area contributed by atoms with Crippen molar-refractivity contribution in [3.05, 3.63) is 76.5 Å². The minimum Gasteiger partial charge on any atom is -0.380 e. The van der Waals surface area contributed by atoms with Crippen LogP contribution in [0.3, 0.4) is 0 Å². The molecule has 0 bridgehead atoms. The van der Waals surface area contributed by atoms with Gasteiger partial charge in [0.05, 0.1) is 5.69 Å². The molecule has 1 N–H and O–H groups in total. The highest BCUT2D eigenvalue weighted by Gasteiger charge is 2.01. The summed E-state index contributed by atoms with van der Waals surface area (Å²) in [5.74, 6) is 0. The molecular formula is C17H16BrN3. The number of benzene rings is 2. The van der Waals surface area contributed by atoms with Gasteiger partial charge >= 0.3 is 0 Å². The Morgan fingerprint density at radius 3 is 2.62 bits per heavy atom. The maximum absolute atomic E-state index is 4.22. The van der Waals surface area contributed by atoms with Crippen LogP contribution >= 0.6 is 15.9 Å². The molecule has 2 aromatic carbocycles. The number of hydrogen-bond acceptors (Lipinski definition) is 2. The molecule has 0 aliphatic carbocycles. The average Bonchev–Trinajstić information content (AvgIpc) is 3.01. The van der Waals surface area contributed by atoms with E-state index < -0.39 is 0 Å². The maximum atomic E-state index is 4.22. The summed E-state index contributed by atoms with van der Waals surface area (Å²) in [6.07, 6.45) is 3.72. The average molecular weight is 342 g/mol. The second-order valence-electron chi connectivity index (χ2n) is 4.95. The van der Waals surface area contributed by atoms with Gasteiger partial charge in [0.1, 0.15) is 0 Å². The summed E-state index contributed by atoms with van der Waals surface area (Å²) in [4.78, 5) is 0. The normalized spacial score (nSPS) is 10.6. The minimum atomic E-state index is 0.793. The molecule has 0 aliphatic heterocycles. The van der Waals surface area contributed by atoms with Crippen LogP contribution in [0, 0.1) is 6.92 Å². The van der Waals surface area contributed by atoms with Crippen molar-refractivity contribution < 1.29 is 0 Å². The summed E-state index contributed by atoms with van der Waals surface area (Å²) in [7, 11) is 0. The Morgan fingerprint density at radius 1 is 1.14 bits per heavy atom. The summed E-state index contributed by atoms with van der Waals surface area (Å²) in [5, 5.41) is 7.67. The number of anilines is 1.